The molecule has 0 saturated carbocycles. The van der Waals surface area contributed by atoms with E-state index in [-0.39, 0.29) is 5.91 Å². The molecule has 0 aliphatic carbocycles. The number of fused-ring (bicyclic) bond motifs is 1. The van der Waals surface area contributed by atoms with Crippen LogP contribution in [0.1, 0.15) is 29.7 Å². The Labute approximate surface area is 162 Å². The summed E-state index contributed by atoms with van der Waals surface area (Å²) in [4.78, 5) is 17.4. The number of rotatable bonds is 3. The van der Waals surface area contributed by atoms with Crippen LogP contribution in [0.3, 0.4) is 0 Å². The molecule has 1 unspecified atom stereocenters. The molecule has 0 spiro atoms. The molecule has 2 N–H and O–H groups in total. The van der Waals surface area contributed by atoms with Crippen LogP contribution in [0, 0.1) is 19.7 Å². The van der Waals surface area contributed by atoms with Gasteiger partial charge in [-0.25, -0.2) is 9.07 Å². The lowest BCUT2D eigenvalue weighted by Gasteiger charge is -2.29. The van der Waals surface area contributed by atoms with Crippen LogP contribution in [0.25, 0.3) is 0 Å². The van der Waals surface area contributed by atoms with Gasteiger partial charge >= 0.3 is 0 Å². The van der Waals surface area contributed by atoms with E-state index in [0.29, 0.717) is 22.8 Å². The van der Waals surface area contributed by atoms with Crippen molar-refractivity contribution in [2.24, 2.45) is 0 Å². The van der Waals surface area contributed by atoms with Crippen LogP contribution < -0.4 is 10.6 Å². The molecule has 2 aromatic carbocycles. The maximum absolute atomic E-state index is 14.6. The summed E-state index contributed by atoms with van der Waals surface area (Å²) in [6, 6.07) is 11.4. The number of anilines is 2. The molecule has 0 radical (unpaired) electrons. The molecule has 3 aromatic rings. The van der Waals surface area contributed by atoms with E-state index in [1.54, 1.807) is 25.1 Å². The number of aromatic nitrogens is 3. The number of carbonyl (C=O) groups excluding carboxylic acids is 1. The smallest absolute Gasteiger partial charge is 0.255 e. The molecule has 142 valence electrons. The standard InChI is InChI=1S/C21H20FN5O/c1-12-7-6-10-17(13(12)2)26-20(28)18-14(3)25-21-23-11-24-27(21)19(18)15-8-4-5-9-16(15)22/h4-11,19H,1-3H3,(H,26,28)(H,23,24,25). The lowest BCUT2D eigenvalue weighted by molar-refractivity contribution is -0.113. The van der Waals surface area contributed by atoms with E-state index in [0.717, 1.165) is 16.8 Å². The lowest BCUT2D eigenvalue weighted by atomic mass is 9.94. The van der Waals surface area contributed by atoms with E-state index in [2.05, 4.69) is 20.7 Å². The summed E-state index contributed by atoms with van der Waals surface area (Å²) in [5.41, 5.74) is 4.15. The highest BCUT2D eigenvalue weighted by molar-refractivity contribution is 6.06. The number of hydrogen-bond acceptors (Lipinski definition) is 4. The average Bonchev–Trinajstić information content (AvgIpc) is 3.13. The van der Waals surface area contributed by atoms with Gasteiger partial charge in [-0.3, -0.25) is 4.79 Å². The second kappa shape index (κ2) is 6.92. The van der Waals surface area contributed by atoms with Gasteiger partial charge in [0.25, 0.3) is 5.91 Å². The highest BCUT2D eigenvalue weighted by Crippen LogP contribution is 2.36. The zero-order valence-electron chi connectivity index (χ0n) is 15.8. The Hall–Kier alpha value is -3.48. The molecule has 1 aliphatic heterocycles. The van der Waals surface area contributed by atoms with Gasteiger partial charge in [-0.1, -0.05) is 30.3 Å². The van der Waals surface area contributed by atoms with Crippen molar-refractivity contribution in [1.29, 1.82) is 0 Å². The first kappa shape index (κ1) is 17.9. The summed E-state index contributed by atoms with van der Waals surface area (Å²) < 4.78 is 16.2. The van der Waals surface area contributed by atoms with Crippen molar-refractivity contribution in [2.45, 2.75) is 26.8 Å². The van der Waals surface area contributed by atoms with Crippen LogP contribution in [0.15, 0.2) is 60.1 Å². The van der Waals surface area contributed by atoms with Crippen molar-refractivity contribution >= 4 is 17.5 Å². The monoisotopic (exact) mass is 377 g/mol. The van der Waals surface area contributed by atoms with E-state index in [1.807, 2.05) is 32.0 Å². The van der Waals surface area contributed by atoms with Crippen LogP contribution >= 0.6 is 0 Å². The number of nitrogens with one attached hydrogen (secondary N) is 2. The van der Waals surface area contributed by atoms with Gasteiger partial charge in [0.1, 0.15) is 18.2 Å². The van der Waals surface area contributed by atoms with Crippen LogP contribution in [-0.2, 0) is 4.79 Å². The minimum atomic E-state index is -0.718. The largest absolute Gasteiger partial charge is 0.328 e. The number of aryl methyl sites for hydroxylation is 1. The van der Waals surface area contributed by atoms with Gasteiger partial charge in [0.2, 0.25) is 5.95 Å². The molecule has 2 heterocycles. The second-order valence-corrected chi connectivity index (χ2v) is 6.82. The Balaban J connectivity index is 1.80. The summed E-state index contributed by atoms with van der Waals surface area (Å²) in [5.74, 6) is -0.247. The number of benzene rings is 2. The van der Waals surface area contributed by atoms with Gasteiger partial charge in [-0.2, -0.15) is 10.1 Å². The number of amides is 1. The molecule has 1 amide bonds. The Morgan fingerprint density at radius 2 is 1.93 bits per heavy atom. The highest BCUT2D eigenvalue weighted by Gasteiger charge is 2.34. The molecule has 1 aliphatic rings. The molecule has 1 atom stereocenters. The summed E-state index contributed by atoms with van der Waals surface area (Å²) in [6.07, 6.45) is 1.38. The van der Waals surface area contributed by atoms with Gasteiger partial charge in [0, 0.05) is 16.9 Å². The van der Waals surface area contributed by atoms with Gasteiger partial charge in [0.15, 0.2) is 0 Å². The van der Waals surface area contributed by atoms with Crippen LogP contribution in [0.5, 0.6) is 0 Å². The molecular formula is C21H20FN5O. The zero-order valence-corrected chi connectivity index (χ0v) is 15.8. The third-order valence-corrected chi connectivity index (χ3v) is 5.09. The lowest BCUT2D eigenvalue weighted by Crippen LogP contribution is -2.32. The molecule has 28 heavy (non-hydrogen) atoms. The van der Waals surface area contributed by atoms with Gasteiger partial charge in [0.05, 0.1) is 5.57 Å². The fraction of sp³-hybridized carbons (Fsp3) is 0.190. The Morgan fingerprint density at radius 3 is 2.71 bits per heavy atom. The van der Waals surface area contributed by atoms with Crippen LogP contribution in [0.4, 0.5) is 16.0 Å². The summed E-state index contributed by atoms with van der Waals surface area (Å²) >= 11 is 0. The highest BCUT2D eigenvalue weighted by atomic mass is 19.1. The van der Waals surface area contributed by atoms with Crippen LogP contribution in [-0.4, -0.2) is 20.7 Å². The maximum atomic E-state index is 14.6. The molecule has 0 saturated heterocycles. The topological polar surface area (TPSA) is 71.8 Å². The average molecular weight is 377 g/mol. The summed E-state index contributed by atoms with van der Waals surface area (Å²) in [7, 11) is 0. The third-order valence-electron chi connectivity index (χ3n) is 5.09. The normalized spacial score (nSPS) is 15.8. The van der Waals surface area contributed by atoms with Crippen molar-refractivity contribution < 1.29 is 9.18 Å². The minimum Gasteiger partial charge on any atom is -0.328 e. The molecule has 6 nitrogen and oxygen atoms in total. The van der Waals surface area contributed by atoms with Crippen molar-refractivity contribution in [2.75, 3.05) is 10.6 Å². The third kappa shape index (κ3) is 2.94. The Kier molecular flexibility index (Phi) is 4.43. The number of carbonyl (C=O) groups is 1. The Morgan fingerprint density at radius 1 is 1.14 bits per heavy atom. The van der Waals surface area contributed by atoms with Crippen molar-refractivity contribution in [3.05, 3.63) is 82.6 Å². The number of halogens is 1. The fourth-order valence-corrected chi connectivity index (χ4v) is 3.45. The number of nitrogens with zero attached hydrogens (tertiary/aromatic N) is 3. The molecule has 0 fully saturated rings. The minimum absolute atomic E-state index is 0.312. The van der Waals surface area contributed by atoms with E-state index in [1.165, 1.54) is 17.1 Å². The first-order chi connectivity index (χ1) is 13.5. The van der Waals surface area contributed by atoms with Crippen LogP contribution in [0.2, 0.25) is 0 Å². The van der Waals surface area contributed by atoms with Crippen molar-refractivity contribution in [1.82, 2.24) is 14.8 Å². The molecule has 0 bridgehead atoms. The van der Waals surface area contributed by atoms with E-state index in [9.17, 15) is 9.18 Å². The van der Waals surface area contributed by atoms with Crippen molar-refractivity contribution in [3.8, 4) is 0 Å². The summed E-state index contributed by atoms with van der Waals surface area (Å²) in [5, 5.41) is 10.3. The molecule has 4 rings (SSSR count). The molecule has 1 aromatic heterocycles. The predicted molar refractivity (Wildman–Crippen MR) is 105 cm³/mol. The fourth-order valence-electron chi connectivity index (χ4n) is 3.45. The maximum Gasteiger partial charge on any atom is 0.255 e. The zero-order chi connectivity index (χ0) is 19.8. The van der Waals surface area contributed by atoms with Crippen molar-refractivity contribution in [3.63, 3.8) is 0 Å². The van der Waals surface area contributed by atoms with E-state index < -0.39 is 11.9 Å². The van der Waals surface area contributed by atoms with Gasteiger partial charge in [-0.05, 0) is 44.0 Å². The number of allylic oxidation sites excluding steroid dienone is 1. The first-order valence-electron chi connectivity index (χ1n) is 8.96. The number of hydrogen-bond donors (Lipinski definition) is 2. The van der Waals surface area contributed by atoms with Gasteiger partial charge < -0.3 is 10.6 Å². The van der Waals surface area contributed by atoms with E-state index in [4.69, 9.17) is 0 Å². The quantitative estimate of drug-likeness (QED) is 0.725. The van der Waals surface area contributed by atoms with E-state index >= 15 is 0 Å². The summed E-state index contributed by atoms with van der Waals surface area (Å²) in [6.45, 7) is 5.72. The SMILES string of the molecule is CC1=C(C(=O)Nc2cccc(C)c2C)C(c2ccccc2F)n2ncnc2N1. The van der Waals surface area contributed by atoms with Gasteiger partial charge in [-0.15, -0.1) is 0 Å². The second-order valence-electron chi connectivity index (χ2n) is 6.82. The predicted octanol–water partition coefficient (Wildman–Crippen LogP) is 3.96. The molecule has 7 heteroatoms. The first-order valence-corrected chi connectivity index (χ1v) is 8.96. The Bertz CT molecular complexity index is 1100. The molecular weight excluding hydrogens is 357 g/mol.